The van der Waals surface area contributed by atoms with Gasteiger partial charge in [0.15, 0.2) is 5.76 Å². The molecule has 28 heavy (non-hydrogen) atoms. The summed E-state index contributed by atoms with van der Waals surface area (Å²) in [6, 6.07) is 9.93. The molecule has 0 spiro atoms. The van der Waals surface area contributed by atoms with Crippen molar-refractivity contribution in [3.8, 4) is 0 Å². The number of nitrogens with zero attached hydrogens (tertiary/aromatic N) is 3. The van der Waals surface area contributed by atoms with Gasteiger partial charge in [0.2, 0.25) is 5.91 Å². The number of carbonyl (C=O) groups excluding carboxylic acids is 4. The van der Waals surface area contributed by atoms with Gasteiger partial charge in [-0.15, -0.1) is 0 Å². The first-order chi connectivity index (χ1) is 13.6. The van der Waals surface area contributed by atoms with E-state index in [1.165, 1.54) is 6.26 Å². The number of hydrogen-bond donors (Lipinski definition) is 0. The molecule has 144 valence electrons. The summed E-state index contributed by atoms with van der Waals surface area (Å²) in [5.74, 6) is -0.764. The number of rotatable bonds is 4. The van der Waals surface area contributed by atoms with Crippen LogP contribution in [0.1, 0.15) is 37.7 Å². The Hall–Kier alpha value is -3.42. The highest BCUT2D eigenvalue weighted by molar-refractivity contribution is 6.21. The van der Waals surface area contributed by atoms with Gasteiger partial charge in [-0.25, -0.2) is 0 Å². The third-order valence-corrected chi connectivity index (χ3v) is 5.08. The molecule has 8 heteroatoms. The number of amides is 4. The number of piperazine rings is 1. The van der Waals surface area contributed by atoms with E-state index in [1.54, 1.807) is 46.2 Å². The maximum atomic E-state index is 12.5. The second kappa shape index (κ2) is 7.30. The molecular formula is C20H19N3O5. The van der Waals surface area contributed by atoms with Gasteiger partial charge in [-0.2, -0.15) is 0 Å². The van der Waals surface area contributed by atoms with E-state index in [4.69, 9.17) is 4.42 Å². The molecule has 4 amide bonds. The van der Waals surface area contributed by atoms with E-state index in [-0.39, 0.29) is 42.4 Å². The predicted octanol–water partition coefficient (Wildman–Crippen LogP) is 1.25. The van der Waals surface area contributed by atoms with Crippen LogP contribution >= 0.6 is 0 Å². The van der Waals surface area contributed by atoms with Crippen LogP contribution in [0, 0.1) is 0 Å². The summed E-state index contributed by atoms with van der Waals surface area (Å²) < 4.78 is 5.12. The smallest absolute Gasteiger partial charge is 0.289 e. The molecule has 1 fully saturated rings. The Balaban J connectivity index is 1.29. The molecule has 0 radical (unpaired) electrons. The summed E-state index contributed by atoms with van der Waals surface area (Å²) in [6.45, 7) is 1.70. The van der Waals surface area contributed by atoms with E-state index in [1.807, 2.05) is 0 Å². The van der Waals surface area contributed by atoms with Crippen LogP contribution < -0.4 is 0 Å². The standard InChI is InChI=1S/C20H19N3O5/c24-17(7-8-23-18(25)14-4-1-2-5-15(14)19(23)26)21-9-11-22(12-10-21)20(27)16-6-3-13-28-16/h1-6,13H,7-12H2. The maximum Gasteiger partial charge on any atom is 0.289 e. The predicted molar refractivity (Wildman–Crippen MR) is 97.6 cm³/mol. The number of carbonyl (C=O) groups is 4. The molecule has 0 aliphatic carbocycles. The minimum Gasteiger partial charge on any atom is -0.459 e. The first-order valence-electron chi connectivity index (χ1n) is 9.12. The number of hydrogen-bond acceptors (Lipinski definition) is 5. The summed E-state index contributed by atoms with van der Waals surface area (Å²) in [5, 5.41) is 0. The molecule has 1 saturated heterocycles. The van der Waals surface area contributed by atoms with Crippen LogP contribution in [0.4, 0.5) is 0 Å². The van der Waals surface area contributed by atoms with Crippen LogP contribution in [0.25, 0.3) is 0 Å². The Labute approximate surface area is 161 Å². The molecule has 0 saturated carbocycles. The molecule has 0 unspecified atom stereocenters. The zero-order valence-corrected chi connectivity index (χ0v) is 15.2. The van der Waals surface area contributed by atoms with Gasteiger partial charge in [-0.05, 0) is 24.3 Å². The van der Waals surface area contributed by atoms with Crippen molar-refractivity contribution in [3.63, 3.8) is 0 Å². The largest absolute Gasteiger partial charge is 0.459 e. The summed E-state index contributed by atoms with van der Waals surface area (Å²) in [5.41, 5.74) is 0.759. The van der Waals surface area contributed by atoms with Crippen LogP contribution in [-0.2, 0) is 4.79 Å². The third-order valence-electron chi connectivity index (χ3n) is 5.08. The molecular weight excluding hydrogens is 362 g/mol. The SMILES string of the molecule is O=C(CCN1C(=O)c2ccccc2C1=O)N1CCN(C(=O)c2ccco2)CC1. The van der Waals surface area contributed by atoms with Crippen molar-refractivity contribution in [2.45, 2.75) is 6.42 Å². The van der Waals surface area contributed by atoms with Gasteiger partial charge in [-0.3, -0.25) is 24.1 Å². The topological polar surface area (TPSA) is 91.1 Å². The highest BCUT2D eigenvalue weighted by Crippen LogP contribution is 2.22. The van der Waals surface area contributed by atoms with Crippen LogP contribution in [0.5, 0.6) is 0 Å². The highest BCUT2D eigenvalue weighted by Gasteiger charge is 2.35. The first-order valence-corrected chi connectivity index (χ1v) is 9.12. The zero-order chi connectivity index (χ0) is 19.7. The van der Waals surface area contributed by atoms with Crippen LogP contribution in [0.15, 0.2) is 47.1 Å². The Morgan fingerprint density at radius 1 is 0.857 bits per heavy atom. The summed E-state index contributed by atoms with van der Waals surface area (Å²) >= 11 is 0. The van der Waals surface area contributed by atoms with Gasteiger partial charge in [0.1, 0.15) is 0 Å². The lowest BCUT2D eigenvalue weighted by molar-refractivity contribution is -0.132. The van der Waals surface area contributed by atoms with Crippen molar-refractivity contribution in [1.82, 2.24) is 14.7 Å². The number of furan rings is 1. The molecule has 0 N–H and O–H groups in total. The van der Waals surface area contributed by atoms with E-state index < -0.39 is 0 Å². The molecule has 0 bridgehead atoms. The van der Waals surface area contributed by atoms with Crippen molar-refractivity contribution in [3.05, 3.63) is 59.5 Å². The minimum atomic E-state index is -0.359. The number of benzene rings is 1. The highest BCUT2D eigenvalue weighted by atomic mass is 16.3. The van der Waals surface area contributed by atoms with Crippen molar-refractivity contribution >= 4 is 23.6 Å². The van der Waals surface area contributed by atoms with Crippen LogP contribution in [0.3, 0.4) is 0 Å². The van der Waals surface area contributed by atoms with Gasteiger partial charge < -0.3 is 14.2 Å². The molecule has 2 aromatic rings. The van der Waals surface area contributed by atoms with Crippen LogP contribution in [-0.4, -0.2) is 71.1 Å². The average molecular weight is 381 g/mol. The fourth-order valence-electron chi connectivity index (χ4n) is 3.52. The van der Waals surface area contributed by atoms with Crippen molar-refractivity contribution in [2.24, 2.45) is 0 Å². The Bertz CT molecular complexity index is 894. The lowest BCUT2D eigenvalue weighted by atomic mass is 10.1. The maximum absolute atomic E-state index is 12.5. The lowest BCUT2D eigenvalue weighted by Crippen LogP contribution is -2.51. The van der Waals surface area contributed by atoms with Gasteiger partial charge in [-0.1, -0.05) is 12.1 Å². The summed E-state index contributed by atoms with van der Waals surface area (Å²) in [4.78, 5) is 53.9. The fourth-order valence-corrected chi connectivity index (χ4v) is 3.52. The second-order valence-electron chi connectivity index (χ2n) is 6.71. The monoisotopic (exact) mass is 381 g/mol. The summed E-state index contributed by atoms with van der Waals surface area (Å²) in [6.07, 6.45) is 1.52. The van der Waals surface area contributed by atoms with E-state index in [0.29, 0.717) is 37.3 Å². The van der Waals surface area contributed by atoms with E-state index >= 15 is 0 Å². The molecule has 1 aromatic carbocycles. The Morgan fingerprint density at radius 3 is 2.04 bits per heavy atom. The zero-order valence-electron chi connectivity index (χ0n) is 15.2. The van der Waals surface area contributed by atoms with Gasteiger partial charge in [0.05, 0.1) is 17.4 Å². The third kappa shape index (κ3) is 3.17. The van der Waals surface area contributed by atoms with Gasteiger partial charge in [0, 0.05) is 39.1 Å². The van der Waals surface area contributed by atoms with Crippen molar-refractivity contribution in [1.29, 1.82) is 0 Å². The molecule has 4 rings (SSSR count). The Kier molecular flexibility index (Phi) is 4.68. The summed E-state index contributed by atoms with van der Waals surface area (Å²) in [7, 11) is 0. The van der Waals surface area contributed by atoms with Gasteiger partial charge >= 0.3 is 0 Å². The first kappa shape index (κ1) is 18.0. The van der Waals surface area contributed by atoms with Gasteiger partial charge in [0.25, 0.3) is 17.7 Å². The normalized spacial score (nSPS) is 16.5. The van der Waals surface area contributed by atoms with E-state index in [9.17, 15) is 19.2 Å². The quantitative estimate of drug-likeness (QED) is 0.744. The van der Waals surface area contributed by atoms with E-state index in [0.717, 1.165) is 4.90 Å². The number of imide groups is 1. The lowest BCUT2D eigenvalue weighted by Gasteiger charge is -2.34. The molecule has 2 aliphatic rings. The van der Waals surface area contributed by atoms with Crippen LogP contribution in [0.2, 0.25) is 0 Å². The average Bonchev–Trinajstić information content (AvgIpc) is 3.35. The second-order valence-corrected chi connectivity index (χ2v) is 6.71. The molecule has 1 aromatic heterocycles. The fraction of sp³-hybridized carbons (Fsp3) is 0.300. The minimum absolute atomic E-state index is 0.0523. The number of fused-ring (bicyclic) bond motifs is 1. The molecule has 2 aliphatic heterocycles. The molecule has 3 heterocycles. The molecule has 8 nitrogen and oxygen atoms in total. The van der Waals surface area contributed by atoms with E-state index in [2.05, 4.69) is 0 Å². The van der Waals surface area contributed by atoms with Crippen molar-refractivity contribution < 1.29 is 23.6 Å². The molecule has 0 atom stereocenters. The van der Waals surface area contributed by atoms with Crippen molar-refractivity contribution in [2.75, 3.05) is 32.7 Å². The Morgan fingerprint density at radius 2 is 1.46 bits per heavy atom.